The minimum atomic E-state index is -3.62. The zero-order valence-corrected chi connectivity index (χ0v) is 10.8. The summed E-state index contributed by atoms with van der Waals surface area (Å²) in [6, 6.07) is 3.01. The van der Waals surface area contributed by atoms with Crippen LogP contribution in [0.2, 0.25) is 5.02 Å². The van der Waals surface area contributed by atoms with E-state index in [1.165, 1.54) is 16.6 Å². The Kier molecular flexibility index (Phi) is 3.67. The van der Waals surface area contributed by atoms with E-state index in [4.69, 9.17) is 17.3 Å². The Morgan fingerprint density at radius 1 is 1.53 bits per heavy atom. The lowest BCUT2D eigenvalue weighted by Gasteiger charge is -2.29. The molecule has 0 bridgehead atoms. The van der Waals surface area contributed by atoms with Crippen molar-refractivity contribution >= 4 is 21.6 Å². The summed E-state index contributed by atoms with van der Waals surface area (Å²) >= 11 is 5.86. The van der Waals surface area contributed by atoms with Crippen LogP contribution < -0.4 is 5.73 Å². The first-order chi connectivity index (χ1) is 8.01. The van der Waals surface area contributed by atoms with Crippen molar-refractivity contribution in [3.63, 3.8) is 0 Å². The van der Waals surface area contributed by atoms with E-state index in [-0.39, 0.29) is 16.1 Å². The Hall–Kier alpha value is -0.690. The van der Waals surface area contributed by atoms with Crippen LogP contribution in [0.25, 0.3) is 0 Å². The van der Waals surface area contributed by atoms with Gasteiger partial charge in [-0.15, -0.1) is 0 Å². The van der Waals surface area contributed by atoms with Crippen LogP contribution in [-0.2, 0) is 10.0 Å². The number of halogens is 1. The number of sulfonamides is 1. The maximum absolute atomic E-state index is 12.3. The van der Waals surface area contributed by atoms with Crippen LogP contribution in [-0.4, -0.2) is 36.8 Å². The molecule has 0 radical (unpaired) electrons. The van der Waals surface area contributed by atoms with Crippen molar-refractivity contribution in [3.05, 3.63) is 23.4 Å². The zero-order chi connectivity index (χ0) is 12.5. The predicted molar refractivity (Wildman–Crippen MR) is 65.2 cm³/mol. The highest BCUT2D eigenvalue weighted by atomic mass is 35.5. The molecule has 2 heterocycles. The highest BCUT2D eigenvalue weighted by molar-refractivity contribution is 7.89. The van der Waals surface area contributed by atoms with Crippen LogP contribution in [0.4, 0.5) is 0 Å². The van der Waals surface area contributed by atoms with Gasteiger partial charge in [-0.2, -0.15) is 4.31 Å². The lowest BCUT2D eigenvalue weighted by Crippen LogP contribution is -2.45. The van der Waals surface area contributed by atoms with Crippen LogP contribution in [0, 0.1) is 0 Å². The maximum Gasteiger partial charge on any atom is 0.262 e. The first kappa shape index (κ1) is 12.8. The van der Waals surface area contributed by atoms with Crippen LogP contribution in [0.5, 0.6) is 0 Å². The van der Waals surface area contributed by atoms with Crippen molar-refractivity contribution in [2.24, 2.45) is 5.73 Å². The first-order valence-electron chi connectivity index (χ1n) is 5.38. The molecule has 1 aromatic heterocycles. The lowest BCUT2D eigenvalue weighted by molar-refractivity contribution is 0.315. The second kappa shape index (κ2) is 4.89. The number of rotatable bonds is 2. The number of pyridine rings is 1. The Balaban J connectivity index is 2.33. The molecule has 0 aromatic carbocycles. The van der Waals surface area contributed by atoms with Gasteiger partial charge >= 0.3 is 0 Å². The summed E-state index contributed by atoms with van der Waals surface area (Å²) in [5.74, 6) is 0. The number of hydrogen-bond donors (Lipinski definition) is 1. The molecule has 5 nitrogen and oxygen atoms in total. The van der Waals surface area contributed by atoms with Gasteiger partial charge in [0.25, 0.3) is 10.0 Å². The van der Waals surface area contributed by atoms with E-state index in [1.807, 2.05) is 0 Å². The molecule has 0 aliphatic carbocycles. The average molecular weight is 276 g/mol. The Morgan fingerprint density at radius 3 is 2.94 bits per heavy atom. The van der Waals surface area contributed by atoms with Crippen molar-refractivity contribution < 1.29 is 8.42 Å². The van der Waals surface area contributed by atoms with Gasteiger partial charge in [0.1, 0.15) is 0 Å². The number of piperidine rings is 1. The summed E-state index contributed by atoms with van der Waals surface area (Å²) in [6.45, 7) is 0.804. The van der Waals surface area contributed by atoms with E-state index >= 15 is 0 Å². The molecule has 7 heteroatoms. The molecule has 1 aliphatic rings. The molecule has 1 aliphatic heterocycles. The molecular weight excluding hydrogens is 262 g/mol. The third kappa shape index (κ3) is 2.60. The second-order valence-electron chi connectivity index (χ2n) is 4.06. The van der Waals surface area contributed by atoms with E-state index in [0.29, 0.717) is 13.1 Å². The third-order valence-corrected chi connectivity index (χ3v) is 4.97. The van der Waals surface area contributed by atoms with Crippen LogP contribution in [0.3, 0.4) is 0 Å². The highest BCUT2D eigenvalue weighted by Gasteiger charge is 2.31. The molecule has 0 spiro atoms. The average Bonchev–Trinajstić information content (AvgIpc) is 2.29. The van der Waals surface area contributed by atoms with Crippen molar-refractivity contribution in [2.75, 3.05) is 13.1 Å². The molecule has 1 aromatic rings. The molecule has 0 unspecified atom stereocenters. The molecule has 0 saturated carbocycles. The Bertz CT molecular complexity index is 506. The summed E-state index contributed by atoms with van der Waals surface area (Å²) < 4.78 is 25.9. The topological polar surface area (TPSA) is 76.3 Å². The minimum absolute atomic E-state index is 0.0873. The van der Waals surface area contributed by atoms with Crippen LogP contribution in [0.15, 0.2) is 23.4 Å². The molecule has 17 heavy (non-hydrogen) atoms. The van der Waals surface area contributed by atoms with Gasteiger partial charge in [-0.1, -0.05) is 11.6 Å². The SMILES string of the molecule is N[C@@H]1CCCN(S(=O)(=O)c2ncccc2Cl)C1. The fourth-order valence-electron chi connectivity index (χ4n) is 1.88. The fraction of sp³-hybridized carbons (Fsp3) is 0.500. The normalized spacial score (nSPS) is 22.6. The molecule has 2 N–H and O–H groups in total. The quantitative estimate of drug-likeness (QED) is 0.868. The van der Waals surface area contributed by atoms with E-state index in [9.17, 15) is 8.42 Å². The third-order valence-electron chi connectivity index (χ3n) is 2.73. The minimum Gasteiger partial charge on any atom is -0.327 e. The van der Waals surface area contributed by atoms with Gasteiger partial charge in [-0.3, -0.25) is 0 Å². The molecule has 94 valence electrons. The fourth-order valence-corrected chi connectivity index (χ4v) is 3.80. The van der Waals surface area contributed by atoms with Crippen molar-refractivity contribution in [3.8, 4) is 0 Å². The van der Waals surface area contributed by atoms with Gasteiger partial charge in [0.15, 0.2) is 5.03 Å². The molecule has 0 amide bonds. The van der Waals surface area contributed by atoms with Crippen LogP contribution >= 0.6 is 11.6 Å². The van der Waals surface area contributed by atoms with E-state index in [0.717, 1.165) is 12.8 Å². The molecular formula is C10H14ClN3O2S. The standard InChI is InChI=1S/C10H14ClN3O2S/c11-9-4-1-5-13-10(9)17(15,16)14-6-2-3-8(12)7-14/h1,4-5,8H,2-3,6-7,12H2/t8-/m1/s1. The Morgan fingerprint density at radius 2 is 2.29 bits per heavy atom. The van der Waals surface area contributed by atoms with Crippen molar-refractivity contribution in [1.82, 2.24) is 9.29 Å². The van der Waals surface area contributed by atoms with Gasteiger partial charge in [0.2, 0.25) is 0 Å². The first-order valence-corrected chi connectivity index (χ1v) is 7.20. The van der Waals surface area contributed by atoms with Crippen molar-refractivity contribution in [2.45, 2.75) is 23.9 Å². The molecule has 2 rings (SSSR count). The van der Waals surface area contributed by atoms with E-state index < -0.39 is 10.0 Å². The largest absolute Gasteiger partial charge is 0.327 e. The van der Waals surface area contributed by atoms with E-state index in [2.05, 4.69) is 4.98 Å². The van der Waals surface area contributed by atoms with E-state index in [1.54, 1.807) is 6.07 Å². The number of hydrogen-bond acceptors (Lipinski definition) is 4. The van der Waals surface area contributed by atoms with Gasteiger partial charge in [0.05, 0.1) is 5.02 Å². The lowest BCUT2D eigenvalue weighted by atomic mass is 10.1. The smallest absolute Gasteiger partial charge is 0.262 e. The van der Waals surface area contributed by atoms with Crippen molar-refractivity contribution in [1.29, 1.82) is 0 Å². The molecule has 1 fully saturated rings. The van der Waals surface area contributed by atoms with Crippen LogP contribution in [0.1, 0.15) is 12.8 Å². The van der Waals surface area contributed by atoms with Gasteiger partial charge in [0, 0.05) is 25.3 Å². The number of aromatic nitrogens is 1. The van der Waals surface area contributed by atoms with Gasteiger partial charge in [-0.05, 0) is 25.0 Å². The van der Waals surface area contributed by atoms with Gasteiger partial charge in [-0.25, -0.2) is 13.4 Å². The highest BCUT2D eigenvalue weighted by Crippen LogP contribution is 2.24. The summed E-state index contributed by atoms with van der Waals surface area (Å²) in [5.41, 5.74) is 5.78. The summed E-state index contributed by atoms with van der Waals surface area (Å²) in [4.78, 5) is 3.85. The molecule has 1 atom stereocenters. The number of nitrogens with two attached hydrogens (primary N) is 1. The number of nitrogens with zero attached hydrogens (tertiary/aromatic N) is 2. The predicted octanol–water partition coefficient (Wildman–Crippen LogP) is 0.847. The Labute approximate surface area is 106 Å². The summed E-state index contributed by atoms with van der Waals surface area (Å²) in [5, 5.41) is 0.0578. The zero-order valence-electron chi connectivity index (χ0n) is 9.21. The monoisotopic (exact) mass is 275 g/mol. The summed E-state index contributed by atoms with van der Waals surface area (Å²) in [6.07, 6.45) is 3.04. The molecule has 1 saturated heterocycles. The summed E-state index contributed by atoms with van der Waals surface area (Å²) in [7, 11) is -3.62. The second-order valence-corrected chi connectivity index (χ2v) is 6.32. The van der Waals surface area contributed by atoms with Gasteiger partial charge < -0.3 is 5.73 Å². The maximum atomic E-state index is 12.3.